The predicted molar refractivity (Wildman–Crippen MR) is 142 cm³/mol. The van der Waals surface area contributed by atoms with Crippen molar-refractivity contribution in [2.24, 2.45) is 0 Å². The van der Waals surface area contributed by atoms with Crippen LogP contribution in [0.25, 0.3) is 0 Å². The average Bonchev–Trinajstić information content (AvgIpc) is 2.73. The first-order valence-corrected chi connectivity index (χ1v) is 13.9. The number of hydrogen-bond acceptors (Lipinski definition) is 4. The molecule has 0 aromatic heterocycles. The minimum atomic E-state index is -3.58. The van der Waals surface area contributed by atoms with E-state index in [1.165, 1.54) is 9.21 Å². The van der Waals surface area contributed by atoms with Crippen LogP contribution >= 0.6 is 23.2 Å². The fourth-order valence-electron chi connectivity index (χ4n) is 3.48. The number of sulfonamides is 1. The molecule has 10 heteroatoms. The van der Waals surface area contributed by atoms with Crippen LogP contribution in [0.15, 0.2) is 48.5 Å². The van der Waals surface area contributed by atoms with Crippen LogP contribution in [0, 0.1) is 0 Å². The van der Waals surface area contributed by atoms with Gasteiger partial charge in [0, 0.05) is 35.1 Å². The highest BCUT2D eigenvalue weighted by Gasteiger charge is 2.28. The number of carbonyl (C=O) groups excluding carboxylic acids is 2. The minimum Gasteiger partial charge on any atom is -0.350 e. The van der Waals surface area contributed by atoms with Crippen molar-refractivity contribution in [3.63, 3.8) is 0 Å². The van der Waals surface area contributed by atoms with Gasteiger partial charge in [-0.1, -0.05) is 41.4 Å². The SMILES string of the molecule is C[C@H](C(=O)NC(C)(C)C)N(Cc1ccc(Cl)cc1)C(=O)CCCN(c1cccc(Cl)c1)S(C)(=O)=O. The van der Waals surface area contributed by atoms with Crippen LogP contribution in [-0.2, 0) is 26.2 Å². The number of rotatable bonds is 10. The Morgan fingerprint density at radius 1 is 1.03 bits per heavy atom. The van der Waals surface area contributed by atoms with E-state index >= 15 is 0 Å². The lowest BCUT2D eigenvalue weighted by Crippen LogP contribution is -2.52. The molecule has 0 spiro atoms. The van der Waals surface area contributed by atoms with E-state index in [4.69, 9.17) is 23.2 Å². The van der Waals surface area contributed by atoms with Crippen LogP contribution in [0.1, 0.15) is 46.1 Å². The molecule has 7 nitrogen and oxygen atoms in total. The minimum absolute atomic E-state index is 0.0628. The van der Waals surface area contributed by atoms with Gasteiger partial charge in [-0.2, -0.15) is 0 Å². The first-order valence-electron chi connectivity index (χ1n) is 11.3. The zero-order valence-corrected chi connectivity index (χ0v) is 23.0. The average molecular weight is 543 g/mol. The highest BCUT2D eigenvalue weighted by Crippen LogP contribution is 2.23. The fraction of sp³-hybridized carbons (Fsp3) is 0.440. The lowest BCUT2D eigenvalue weighted by Gasteiger charge is -2.32. The van der Waals surface area contributed by atoms with Gasteiger partial charge in [0.2, 0.25) is 21.8 Å². The maximum atomic E-state index is 13.3. The number of nitrogens with one attached hydrogen (secondary N) is 1. The monoisotopic (exact) mass is 541 g/mol. The molecule has 0 heterocycles. The number of amides is 2. The molecule has 2 aromatic rings. The fourth-order valence-corrected chi connectivity index (χ4v) is 4.75. The Kier molecular flexibility index (Phi) is 10.0. The first-order chi connectivity index (χ1) is 16.2. The normalized spacial score (nSPS) is 12.7. The molecule has 192 valence electrons. The van der Waals surface area contributed by atoms with Crippen molar-refractivity contribution in [3.8, 4) is 0 Å². The number of hydrogen-bond donors (Lipinski definition) is 1. The highest BCUT2D eigenvalue weighted by molar-refractivity contribution is 7.92. The predicted octanol–water partition coefficient (Wildman–Crippen LogP) is 4.87. The van der Waals surface area contributed by atoms with E-state index in [1.54, 1.807) is 43.3 Å². The molecule has 0 unspecified atom stereocenters. The summed E-state index contributed by atoms with van der Waals surface area (Å²) in [4.78, 5) is 27.6. The number of nitrogens with zero attached hydrogens (tertiary/aromatic N) is 2. The molecule has 35 heavy (non-hydrogen) atoms. The van der Waals surface area contributed by atoms with Crippen LogP contribution in [-0.4, -0.2) is 49.5 Å². The van der Waals surface area contributed by atoms with Gasteiger partial charge in [0.05, 0.1) is 11.9 Å². The maximum Gasteiger partial charge on any atom is 0.242 e. The largest absolute Gasteiger partial charge is 0.350 e. The number of halogens is 2. The Balaban J connectivity index is 2.18. The van der Waals surface area contributed by atoms with Crippen molar-refractivity contribution in [2.45, 2.75) is 58.7 Å². The number of carbonyl (C=O) groups is 2. The summed E-state index contributed by atoms with van der Waals surface area (Å²) in [6.07, 6.45) is 1.44. The van der Waals surface area contributed by atoms with Gasteiger partial charge in [-0.05, 0) is 70.0 Å². The van der Waals surface area contributed by atoms with E-state index in [1.807, 2.05) is 32.9 Å². The summed E-state index contributed by atoms with van der Waals surface area (Å²) >= 11 is 12.0. The lowest BCUT2D eigenvalue weighted by atomic mass is 10.1. The van der Waals surface area contributed by atoms with Gasteiger partial charge >= 0.3 is 0 Å². The summed E-state index contributed by atoms with van der Waals surface area (Å²) < 4.78 is 26.0. The summed E-state index contributed by atoms with van der Waals surface area (Å²) in [5, 5.41) is 3.91. The van der Waals surface area contributed by atoms with E-state index in [0.29, 0.717) is 15.7 Å². The van der Waals surface area contributed by atoms with Gasteiger partial charge in [0.15, 0.2) is 0 Å². The molecule has 0 saturated heterocycles. The van der Waals surface area contributed by atoms with Gasteiger partial charge in [-0.3, -0.25) is 13.9 Å². The second-order valence-corrected chi connectivity index (χ2v) is 12.3. The van der Waals surface area contributed by atoms with Crippen LogP contribution in [0.3, 0.4) is 0 Å². The van der Waals surface area contributed by atoms with E-state index < -0.39 is 21.6 Å². The molecule has 0 aliphatic carbocycles. The van der Waals surface area contributed by atoms with Crippen molar-refractivity contribution in [2.75, 3.05) is 17.1 Å². The van der Waals surface area contributed by atoms with Crippen molar-refractivity contribution >= 4 is 50.7 Å². The molecule has 1 N–H and O–H groups in total. The van der Waals surface area contributed by atoms with E-state index in [2.05, 4.69) is 5.32 Å². The van der Waals surface area contributed by atoms with Crippen molar-refractivity contribution < 1.29 is 18.0 Å². The summed E-state index contributed by atoms with van der Waals surface area (Å²) in [6, 6.07) is 12.9. The van der Waals surface area contributed by atoms with Gasteiger partial charge in [0.1, 0.15) is 6.04 Å². The van der Waals surface area contributed by atoms with Gasteiger partial charge in [0.25, 0.3) is 0 Å². The smallest absolute Gasteiger partial charge is 0.242 e. The molecule has 0 bridgehead atoms. The standard InChI is InChI=1S/C25H33Cl2N3O4S/c1-18(24(32)28-25(2,3)4)29(17-19-11-13-20(26)14-12-19)23(31)10-7-15-30(35(5,33)34)22-9-6-8-21(27)16-22/h6,8-9,11-14,16,18H,7,10,15,17H2,1-5H3,(H,28,32)/t18-/m1/s1. The second kappa shape index (κ2) is 12.1. The third kappa shape index (κ3) is 9.35. The third-order valence-corrected chi connectivity index (χ3v) is 6.86. The summed E-state index contributed by atoms with van der Waals surface area (Å²) in [7, 11) is -3.58. The zero-order valence-electron chi connectivity index (χ0n) is 20.7. The molecule has 0 aliphatic heterocycles. The van der Waals surface area contributed by atoms with Crippen molar-refractivity contribution in [1.29, 1.82) is 0 Å². The lowest BCUT2D eigenvalue weighted by molar-refractivity contribution is -0.141. The zero-order chi connectivity index (χ0) is 26.4. The molecule has 2 amide bonds. The first kappa shape index (κ1) is 28.9. The molecule has 0 saturated carbocycles. The van der Waals surface area contributed by atoms with Crippen LogP contribution in [0.2, 0.25) is 10.0 Å². The summed E-state index contributed by atoms with van der Waals surface area (Å²) in [6.45, 7) is 7.63. The van der Waals surface area contributed by atoms with Crippen LogP contribution in [0.5, 0.6) is 0 Å². The van der Waals surface area contributed by atoms with Crippen LogP contribution in [0.4, 0.5) is 5.69 Å². The second-order valence-electron chi connectivity index (χ2n) is 9.48. The van der Waals surface area contributed by atoms with Gasteiger partial charge in [-0.25, -0.2) is 8.42 Å². The van der Waals surface area contributed by atoms with Crippen molar-refractivity contribution in [3.05, 3.63) is 64.1 Å². The number of benzene rings is 2. The third-order valence-electron chi connectivity index (χ3n) is 5.18. The quantitative estimate of drug-likeness (QED) is 0.464. The molecule has 0 aliphatic rings. The molecule has 0 fully saturated rings. The maximum absolute atomic E-state index is 13.3. The van der Waals surface area contributed by atoms with E-state index in [0.717, 1.165) is 11.8 Å². The molecule has 2 rings (SSSR count). The molecular weight excluding hydrogens is 509 g/mol. The summed E-state index contributed by atoms with van der Waals surface area (Å²) in [5.41, 5.74) is 0.811. The molecule has 2 aromatic carbocycles. The Bertz CT molecular complexity index is 1130. The Morgan fingerprint density at radius 2 is 1.66 bits per heavy atom. The summed E-state index contributed by atoms with van der Waals surface area (Å²) in [5.74, 6) is -0.521. The van der Waals surface area contributed by atoms with E-state index in [9.17, 15) is 18.0 Å². The topological polar surface area (TPSA) is 86.8 Å². The Labute approximate surface area is 218 Å². The van der Waals surface area contributed by atoms with Gasteiger partial charge < -0.3 is 10.2 Å². The molecule has 0 radical (unpaired) electrons. The highest BCUT2D eigenvalue weighted by atomic mass is 35.5. The van der Waals surface area contributed by atoms with Crippen LogP contribution < -0.4 is 9.62 Å². The van der Waals surface area contributed by atoms with Gasteiger partial charge in [-0.15, -0.1) is 0 Å². The Morgan fingerprint density at radius 3 is 2.20 bits per heavy atom. The molecular formula is C25H33Cl2N3O4S. The van der Waals surface area contributed by atoms with Crippen molar-refractivity contribution in [1.82, 2.24) is 10.2 Å². The number of anilines is 1. The van der Waals surface area contributed by atoms with E-state index in [-0.39, 0.29) is 37.7 Å². The molecule has 1 atom stereocenters. The Hall–Kier alpha value is -2.29.